The molecule has 3 heteroatoms. The Morgan fingerprint density at radius 1 is 0.489 bits per heavy atom. The average Bonchev–Trinajstić information content (AvgIpc) is 3.43. The van der Waals surface area contributed by atoms with Crippen LogP contribution in [0.3, 0.4) is 0 Å². The number of pyridine rings is 2. The molecule has 3 nitrogen and oxygen atoms in total. The summed E-state index contributed by atoms with van der Waals surface area (Å²) in [5.74, 6) is 0.834. The number of methoxy groups -OCH3 is 1. The number of fused-ring (bicyclic) bond motifs is 6. The van der Waals surface area contributed by atoms with Gasteiger partial charge in [-0.25, -0.2) is 9.97 Å². The molecule has 2 aromatic heterocycles. The number of rotatable bonds is 4. The quantitative estimate of drug-likeness (QED) is 0.207. The molecule has 6 aromatic rings. The summed E-state index contributed by atoms with van der Waals surface area (Å²) in [6.45, 7) is 11.3. The van der Waals surface area contributed by atoms with E-state index in [4.69, 9.17) is 14.7 Å². The monoisotopic (exact) mass is 584 g/mol. The van der Waals surface area contributed by atoms with Crippen molar-refractivity contribution in [1.29, 1.82) is 0 Å². The Labute approximate surface area is 265 Å². The second-order valence-corrected chi connectivity index (χ2v) is 13.5. The molecule has 0 radical (unpaired) electrons. The molecular formula is C42H36N2O. The third-order valence-electron chi connectivity index (χ3n) is 10.2. The molecule has 0 aliphatic heterocycles. The lowest BCUT2D eigenvalue weighted by Crippen LogP contribution is -2.14. The molecule has 2 aliphatic rings. The van der Waals surface area contributed by atoms with Crippen LogP contribution in [0.2, 0.25) is 0 Å². The van der Waals surface area contributed by atoms with Crippen LogP contribution in [0.25, 0.3) is 56.2 Å². The molecule has 0 N–H and O–H groups in total. The Bertz CT molecular complexity index is 2170. The van der Waals surface area contributed by atoms with E-state index in [-0.39, 0.29) is 10.8 Å². The van der Waals surface area contributed by atoms with Gasteiger partial charge in [-0.3, -0.25) is 0 Å². The van der Waals surface area contributed by atoms with Gasteiger partial charge in [-0.2, -0.15) is 0 Å². The van der Waals surface area contributed by atoms with Crippen LogP contribution in [-0.4, -0.2) is 17.1 Å². The molecule has 0 saturated carbocycles. The van der Waals surface area contributed by atoms with Crippen LogP contribution in [-0.2, 0) is 10.8 Å². The first-order valence-corrected chi connectivity index (χ1v) is 15.7. The number of aryl methyl sites for hydroxylation is 1. The van der Waals surface area contributed by atoms with Crippen molar-refractivity contribution in [3.8, 4) is 61.9 Å². The topological polar surface area (TPSA) is 35.0 Å². The first kappa shape index (κ1) is 27.5. The van der Waals surface area contributed by atoms with E-state index in [9.17, 15) is 0 Å². The summed E-state index contributed by atoms with van der Waals surface area (Å²) in [4.78, 5) is 10.4. The van der Waals surface area contributed by atoms with Crippen molar-refractivity contribution in [1.82, 2.24) is 9.97 Å². The lowest BCUT2D eigenvalue weighted by Gasteiger charge is -2.21. The van der Waals surface area contributed by atoms with E-state index in [2.05, 4.69) is 144 Å². The van der Waals surface area contributed by atoms with Crippen molar-refractivity contribution in [2.45, 2.75) is 45.4 Å². The number of benzene rings is 4. The average molecular weight is 585 g/mol. The second kappa shape index (κ2) is 9.74. The van der Waals surface area contributed by atoms with Crippen molar-refractivity contribution in [2.24, 2.45) is 0 Å². The van der Waals surface area contributed by atoms with E-state index >= 15 is 0 Å². The van der Waals surface area contributed by atoms with Crippen molar-refractivity contribution in [2.75, 3.05) is 7.11 Å². The molecule has 2 aliphatic carbocycles. The van der Waals surface area contributed by atoms with E-state index in [1.54, 1.807) is 7.11 Å². The number of nitrogens with zero attached hydrogens (tertiary/aromatic N) is 2. The van der Waals surface area contributed by atoms with Gasteiger partial charge in [-0.15, -0.1) is 0 Å². The highest BCUT2D eigenvalue weighted by Crippen LogP contribution is 2.49. The minimum absolute atomic E-state index is 0.0453. The van der Waals surface area contributed by atoms with E-state index in [0.29, 0.717) is 0 Å². The van der Waals surface area contributed by atoms with E-state index < -0.39 is 0 Å². The van der Waals surface area contributed by atoms with Gasteiger partial charge in [0.15, 0.2) is 0 Å². The molecule has 0 spiro atoms. The van der Waals surface area contributed by atoms with E-state index in [1.165, 1.54) is 38.9 Å². The summed E-state index contributed by atoms with van der Waals surface area (Å²) in [5.41, 5.74) is 17.3. The van der Waals surface area contributed by atoms with Crippen LogP contribution in [0.4, 0.5) is 0 Å². The SMILES string of the molecule is COc1cc(-c2ccc3c(n2)-c2ccccc2C3(C)C)ccc1-c1ccc(-c2ccc3c(n2)-c2ccccc2C3(C)C)cc1C. The summed E-state index contributed by atoms with van der Waals surface area (Å²) < 4.78 is 5.98. The predicted octanol–water partition coefficient (Wildman–Crippen LogP) is 10.4. The highest BCUT2D eigenvalue weighted by atomic mass is 16.5. The zero-order valence-electron chi connectivity index (χ0n) is 26.7. The van der Waals surface area contributed by atoms with Gasteiger partial charge in [0.05, 0.1) is 29.9 Å². The van der Waals surface area contributed by atoms with Crippen LogP contribution in [0.1, 0.15) is 55.5 Å². The molecule has 0 amide bonds. The van der Waals surface area contributed by atoms with Gasteiger partial charge < -0.3 is 4.74 Å². The van der Waals surface area contributed by atoms with Crippen molar-refractivity contribution >= 4 is 0 Å². The van der Waals surface area contributed by atoms with Crippen LogP contribution < -0.4 is 4.74 Å². The Morgan fingerprint density at radius 3 is 1.49 bits per heavy atom. The minimum Gasteiger partial charge on any atom is -0.496 e. The molecule has 45 heavy (non-hydrogen) atoms. The lowest BCUT2D eigenvalue weighted by molar-refractivity contribution is 0.416. The van der Waals surface area contributed by atoms with Crippen LogP contribution >= 0.6 is 0 Å². The fourth-order valence-electron chi connectivity index (χ4n) is 7.62. The summed E-state index contributed by atoms with van der Waals surface area (Å²) >= 11 is 0. The Morgan fingerprint density at radius 2 is 0.978 bits per heavy atom. The van der Waals surface area contributed by atoms with Crippen LogP contribution in [0.5, 0.6) is 5.75 Å². The molecule has 4 aromatic carbocycles. The van der Waals surface area contributed by atoms with Crippen LogP contribution in [0, 0.1) is 6.92 Å². The fourth-order valence-corrected chi connectivity index (χ4v) is 7.62. The highest BCUT2D eigenvalue weighted by molar-refractivity contribution is 5.83. The number of hydrogen-bond acceptors (Lipinski definition) is 3. The van der Waals surface area contributed by atoms with Crippen molar-refractivity contribution < 1.29 is 4.74 Å². The third-order valence-corrected chi connectivity index (χ3v) is 10.2. The molecule has 8 rings (SSSR count). The Kier molecular flexibility index (Phi) is 5.96. The summed E-state index contributed by atoms with van der Waals surface area (Å²) in [6, 6.07) is 39.2. The smallest absolute Gasteiger partial charge is 0.127 e. The second-order valence-electron chi connectivity index (χ2n) is 13.5. The number of hydrogen-bond donors (Lipinski definition) is 0. The standard InChI is InChI=1S/C42H36N2O/c1-25-23-26(36-21-19-34-39(43-36)30-11-7-9-13-32(30)41(34,2)3)15-17-28(25)29-18-16-27(24-38(29)45-6)37-22-20-35-40(44-37)31-12-8-10-14-33(31)42(35,4)5/h7-24H,1-6H3. The molecular weight excluding hydrogens is 548 g/mol. The third kappa shape index (κ3) is 4.03. The Balaban J connectivity index is 1.14. The Hall–Kier alpha value is -5.02. The van der Waals surface area contributed by atoms with E-state index in [0.717, 1.165) is 50.8 Å². The summed E-state index contributed by atoms with van der Waals surface area (Å²) in [5, 5.41) is 0. The predicted molar refractivity (Wildman–Crippen MR) is 185 cm³/mol. The zero-order valence-corrected chi connectivity index (χ0v) is 26.7. The molecule has 0 bridgehead atoms. The molecule has 220 valence electrons. The van der Waals surface area contributed by atoms with Gasteiger partial charge in [0.25, 0.3) is 0 Å². The normalized spacial score (nSPS) is 14.8. The van der Waals surface area contributed by atoms with Gasteiger partial charge in [0.1, 0.15) is 5.75 Å². The lowest BCUT2D eigenvalue weighted by atomic mass is 9.83. The van der Waals surface area contributed by atoms with Crippen molar-refractivity contribution in [3.05, 3.63) is 137 Å². The molecule has 0 fully saturated rings. The van der Waals surface area contributed by atoms with Crippen molar-refractivity contribution in [3.63, 3.8) is 0 Å². The highest BCUT2D eigenvalue weighted by Gasteiger charge is 2.37. The molecule has 2 heterocycles. The van der Waals surface area contributed by atoms with Crippen LogP contribution in [0.15, 0.2) is 109 Å². The maximum atomic E-state index is 5.98. The summed E-state index contributed by atoms with van der Waals surface area (Å²) in [6.07, 6.45) is 0. The van der Waals surface area contributed by atoms with Gasteiger partial charge >= 0.3 is 0 Å². The van der Waals surface area contributed by atoms with Gasteiger partial charge in [0, 0.05) is 38.6 Å². The molecule has 0 unspecified atom stereocenters. The largest absolute Gasteiger partial charge is 0.496 e. The number of ether oxygens (including phenoxy) is 1. The van der Waals surface area contributed by atoms with Gasteiger partial charge in [0.2, 0.25) is 0 Å². The van der Waals surface area contributed by atoms with Gasteiger partial charge in [-0.05, 0) is 70.6 Å². The first-order chi connectivity index (χ1) is 21.7. The zero-order chi connectivity index (χ0) is 31.1. The molecule has 0 saturated heterocycles. The van der Waals surface area contributed by atoms with E-state index in [1.807, 2.05) is 0 Å². The van der Waals surface area contributed by atoms with Gasteiger partial charge in [-0.1, -0.05) is 107 Å². The molecule has 0 atom stereocenters. The maximum absolute atomic E-state index is 5.98. The fraction of sp³-hybridized carbons (Fsp3) is 0.190. The first-order valence-electron chi connectivity index (χ1n) is 15.7. The summed E-state index contributed by atoms with van der Waals surface area (Å²) in [7, 11) is 1.75. The minimum atomic E-state index is -0.0565. The number of aromatic nitrogens is 2. The maximum Gasteiger partial charge on any atom is 0.127 e.